The van der Waals surface area contributed by atoms with E-state index >= 15 is 0 Å². The molecule has 0 aromatic carbocycles. The minimum absolute atomic E-state index is 0.0779. The summed E-state index contributed by atoms with van der Waals surface area (Å²) >= 11 is 1.75. The number of aromatic nitrogens is 3. The van der Waals surface area contributed by atoms with Gasteiger partial charge in [0, 0.05) is 36.1 Å². The van der Waals surface area contributed by atoms with Crippen LogP contribution in [0.25, 0.3) is 0 Å². The Morgan fingerprint density at radius 3 is 2.61 bits per heavy atom. The van der Waals surface area contributed by atoms with E-state index in [0.717, 1.165) is 73.0 Å². The third-order valence-corrected chi connectivity index (χ3v) is 11.1. The zero-order chi connectivity index (χ0) is 28.4. The van der Waals surface area contributed by atoms with E-state index in [9.17, 15) is 10.4 Å². The molecule has 2 aromatic heterocycles. The highest BCUT2D eigenvalue weighted by atomic mass is 32.2. The first-order chi connectivity index (χ1) is 19.9. The number of nitriles is 1. The Morgan fingerprint density at radius 1 is 1.10 bits per heavy atom. The minimum atomic E-state index is -0.0779. The number of hydrogen-bond donors (Lipinski definition) is 4. The Labute approximate surface area is 248 Å². The number of nitrogens with one attached hydrogen (secondary N) is 3. The van der Waals surface area contributed by atoms with Crippen LogP contribution in [0.2, 0.25) is 0 Å². The predicted octanol–water partition coefficient (Wildman–Crippen LogP) is 5.60. The number of hydrogen-bond acceptors (Lipinski definition) is 9. The van der Waals surface area contributed by atoms with Gasteiger partial charge in [0.2, 0.25) is 5.95 Å². The normalized spacial score (nSPS) is 32.2. The van der Waals surface area contributed by atoms with Crippen LogP contribution in [0.5, 0.6) is 0 Å². The van der Waals surface area contributed by atoms with Crippen LogP contribution in [0.15, 0.2) is 29.6 Å². The van der Waals surface area contributed by atoms with Crippen molar-refractivity contribution >= 4 is 23.5 Å². The van der Waals surface area contributed by atoms with Gasteiger partial charge in [-0.3, -0.25) is 0 Å². The van der Waals surface area contributed by atoms with Gasteiger partial charge in [0.05, 0.1) is 12.3 Å². The van der Waals surface area contributed by atoms with Crippen molar-refractivity contribution in [2.45, 2.75) is 101 Å². The molecule has 7 rings (SSSR count). The summed E-state index contributed by atoms with van der Waals surface area (Å²) in [7, 11) is 0. The molecule has 4 N–H and O–H groups in total. The first-order valence-electron chi connectivity index (χ1n) is 15.7. The van der Waals surface area contributed by atoms with Crippen LogP contribution in [-0.2, 0) is 6.54 Å². The fraction of sp³-hybridized carbons (Fsp3) is 0.688. The quantitative estimate of drug-likeness (QED) is 0.254. The van der Waals surface area contributed by atoms with Gasteiger partial charge in [-0.25, -0.2) is 9.97 Å². The SMILES string of the molecule is CC(C)Sc1ncccc1CNc1ncc(C#N)c(NCC23CC4CC(C2)C(NCC2CCC(O)CC2)C(C4)C3)n1. The fourth-order valence-corrected chi connectivity index (χ4v) is 9.27. The van der Waals surface area contributed by atoms with Crippen LogP contribution in [0, 0.1) is 40.4 Å². The van der Waals surface area contributed by atoms with Crippen molar-refractivity contribution in [2.75, 3.05) is 23.7 Å². The largest absolute Gasteiger partial charge is 0.393 e. The van der Waals surface area contributed by atoms with Gasteiger partial charge >= 0.3 is 0 Å². The first kappa shape index (κ1) is 28.7. The average molecular weight is 576 g/mol. The molecule has 2 aromatic rings. The topological polar surface area (TPSA) is 119 Å². The molecular formula is C32H45N7OS. The molecule has 0 aliphatic heterocycles. The van der Waals surface area contributed by atoms with Gasteiger partial charge in [0.25, 0.3) is 0 Å². The van der Waals surface area contributed by atoms with Gasteiger partial charge in [-0.15, -0.1) is 11.8 Å². The van der Waals surface area contributed by atoms with Crippen molar-refractivity contribution < 1.29 is 5.11 Å². The fourth-order valence-electron chi connectivity index (χ4n) is 8.41. The molecule has 5 aliphatic rings. The van der Waals surface area contributed by atoms with Gasteiger partial charge in [0.15, 0.2) is 0 Å². The summed E-state index contributed by atoms with van der Waals surface area (Å²) in [5.41, 5.74) is 1.90. The van der Waals surface area contributed by atoms with E-state index in [2.05, 4.69) is 51.9 Å². The standard InChI is InChI=1S/C32H45N7OS/c1-20(2)41-30-23(4-3-9-34-30)17-36-31-37-18-26(15-33)29(39-31)38-19-32-12-22-10-24(13-32)28(25(11-22)14-32)35-16-21-5-7-27(40)8-6-21/h3-4,9,18,20-22,24-25,27-28,35,40H,5-8,10-14,16-17,19H2,1-2H3,(H2,36,37,38,39). The third kappa shape index (κ3) is 6.65. The number of pyridine rings is 1. The van der Waals surface area contributed by atoms with E-state index < -0.39 is 0 Å². The maximum Gasteiger partial charge on any atom is 0.224 e. The van der Waals surface area contributed by atoms with Gasteiger partial charge < -0.3 is 21.1 Å². The van der Waals surface area contributed by atoms with Crippen molar-refractivity contribution in [3.8, 4) is 6.07 Å². The van der Waals surface area contributed by atoms with E-state index in [4.69, 9.17) is 4.98 Å². The van der Waals surface area contributed by atoms with Crippen LogP contribution in [0.4, 0.5) is 11.8 Å². The Balaban J connectivity index is 1.08. The van der Waals surface area contributed by atoms with E-state index in [1.165, 1.54) is 32.1 Å². The third-order valence-electron chi connectivity index (χ3n) is 10.0. The van der Waals surface area contributed by atoms with Gasteiger partial charge in [-0.1, -0.05) is 19.9 Å². The average Bonchev–Trinajstić information content (AvgIpc) is 2.96. The maximum atomic E-state index is 9.87. The molecule has 5 aliphatic carbocycles. The van der Waals surface area contributed by atoms with Crippen molar-refractivity contribution in [1.29, 1.82) is 5.26 Å². The second-order valence-electron chi connectivity index (χ2n) is 13.5. The molecule has 2 atom stereocenters. The lowest BCUT2D eigenvalue weighted by Crippen LogP contribution is -2.60. The second kappa shape index (κ2) is 12.4. The monoisotopic (exact) mass is 575 g/mol. The molecule has 0 saturated heterocycles. The molecule has 41 heavy (non-hydrogen) atoms. The number of anilines is 2. The van der Waals surface area contributed by atoms with Crippen molar-refractivity contribution in [3.63, 3.8) is 0 Å². The molecule has 2 unspecified atom stereocenters. The van der Waals surface area contributed by atoms with Crippen molar-refractivity contribution in [3.05, 3.63) is 35.7 Å². The first-order valence-corrected chi connectivity index (χ1v) is 16.5. The molecule has 8 nitrogen and oxygen atoms in total. The van der Waals surface area contributed by atoms with Gasteiger partial charge in [0.1, 0.15) is 22.5 Å². The lowest BCUT2D eigenvalue weighted by atomic mass is 9.48. The lowest BCUT2D eigenvalue weighted by Gasteiger charge is -2.60. The number of thioether (sulfide) groups is 1. The van der Waals surface area contributed by atoms with E-state index in [1.807, 2.05) is 12.3 Å². The molecule has 5 fully saturated rings. The summed E-state index contributed by atoms with van der Waals surface area (Å²) in [4.78, 5) is 13.7. The zero-order valence-corrected chi connectivity index (χ0v) is 25.3. The summed E-state index contributed by atoms with van der Waals surface area (Å²) in [6.07, 6.45) is 14.1. The summed E-state index contributed by atoms with van der Waals surface area (Å²) in [6, 6.07) is 6.97. The minimum Gasteiger partial charge on any atom is -0.393 e. The highest BCUT2D eigenvalue weighted by molar-refractivity contribution is 7.99. The zero-order valence-electron chi connectivity index (χ0n) is 24.5. The maximum absolute atomic E-state index is 9.87. The molecule has 9 heteroatoms. The number of rotatable bonds is 11. The van der Waals surface area contributed by atoms with Crippen LogP contribution in [-0.4, -0.2) is 50.5 Å². The molecule has 5 saturated carbocycles. The Kier molecular flexibility index (Phi) is 8.71. The summed E-state index contributed by atoms with van der Waals surface area (Å²) in [5, 5.41) is 32.2. The Bertz CT molecular complexity index is 1220. The molecule has 220 valence electrons. The molecule has 2 heterocycles. The summed E-state index contributed by atoms with van der Waals surface area (Å²) in [5.74, 6) is 4.20. The van der Waals surface area contributed by atoms with E-state index in [0.29, 0.717) is 35.2 Å². The second-order valence-corrected chi connectivity index (χ2v) is 15.1. The summed E-state index contributed by atoms with van der Waals surface area (Å²) < 4.78 is 0. The number of nitrogens with zero attached hydrogens (tertiary/aromatic N) is 4. The van der Waals surface area contributed by atoms with Crippen LogP contribution in [0.3, 0.4) is 0 Å². The van der Waals surface area contributed by atoms with Crippen LogP contribution < -0.4 is 16.0 Å². The highest BCUT2D eigenvalue weighted by Gasteiger charge is 2.55. The number of aliphatic hydroxyl groups excluding tert-OH is 1. The molecular weight excluding hydrogens is 530 g/mol. The van der Waals surface area contributed by atoms with Crippen molar-refractivity contribution in [1.82, 2.24) is 20.3 Å². The van der Waals surface area contributed by atoms with Gasteiger partial charge in [-0.05, 0) is 99.5 Å². The van der Waals surface area contributed by atoms with Crippen LogP contribution in [0.1, 0.15) is 82.8 Å². The molecule has 4 bridgehead atoms. The molecule has 0 radical (unpaired) electrons. The summed E-state index contributed by atoms with van der Waals surface area (Å²) in [6.45, 7) is 6.90. The lowest BCUT2D eigenvalue weighted by molar-refractivity contribution is -0.0704. The van der Waals surface area contributed by atoms with Crippen LogP contribution >= 0.6 is 11.8 Å². The Morgan fingerprint density at radius 2 is 1.88 bits per heavy atom. The molecule has 0 amide bonds. The van der Waals surface area contributed by atoms with E-state index in [1.54, 1.807) is 18.0 Å². The van der Waals surface area contributed by atoms with Gasteiger partial charge in [-0.2, -0.15) is 10.2 Å². The van der Waals surface area contributed by atoms with Crippen molar-refractivity contribution in [2.24, 2.45) is 29.1 Å². The smallest absolute Gasteiger partial charge is 0.224 e. The molecule has 0 spiro atoms. The Hall–Kier alpha value is -2.41. The number of aliphatic hydroxyl groups is 1. The van der Waals surface area contributed by atoms with E-state index in [-0.39, 0.29) is 11.5 Å². The highest BCUT2D eigenvalue weighted by Crippen LogP contribution is 2.60. The predicted molar refractivity (Wildman–Crippen MR) is 164 cm³/mol.